The van der Waals surface area contributed by atoms with Crippen molar-refractivity contribution in [3.8, 4) is 17.0 Å². The van der Waals surface area contributed by atoms with E-state index in [4.69, 9.17) is 9.72 Å². The molecule has 0 aliphatic carbocycles. The molecule has 0 bridgehead atoms. The summed E-state index contributed by atoms with van der Waals surface area (Å²) < 4.78 is 21.1. The molecule has 0 aliphatic heterocycles. The van der Waals surface area contributed by atoms with E-state index >= 15 is 0 Å². The maximum Gasteiger partial charge on any atom is 0.343 e. The first kappa shape index (κ1) is 24.5. The van der Waals surface area contributed by atoms with Crippen LogP contribution in [0.3, 0.4) is 0 Å². The van der Waals surface area contributed by atoms with Crippen LogP contribution in [0.4, 0.5) is 10.2 Å². The van der Waals surface area contributed by atoms with Gasteiger partial charge in [0.1, 0.15) is 28.7 Å². The molecule has 0 spiro atoms. The van der Waals surface area contributed by atoms with Gasteiger partial charge in [-0.15, -0.1) is 0 Å². The average Bonchev–Trinajstić information content (AvgIpc) is 3.08. The molecule has 0 radical (unpaired) electrons. The van der Waals surface area contributed by atoms with Crippen molar-refractivity contribution in [3.05, 3.63) is 83.8 Å². The zero-order chi connectivity index (χ0) is 25.4. The molecule has 2 heterocycles. The van der Waals surface area contributed by atoms with Crippen LogP contribution in [0.25, 0.3) is 16.9 Å². The lowest BCUT2D eigenvalue weighted by molar-refractivity contribution is 0.0734. The van der Waals surface area contributed by atoms with Crippen LogP contribution in [0.15, 0.2) is 66.9 Å². The zero-order valence-electron chi connectivity index (χ0n) is 21.1. The quantitative estimate of drug-likeness (QED) is 0.236. The first-order valence-corrected chi connectivity index (χ1v) is 11.8. The molecule has 2 aromatic heterocycles. The summed E-state index contributed by atoms with van der Waals surface area (Å²) in [6.07, 6.45) is 2.97. The number of esters is 1. The number of carbonyl (C=O) groups excluding carboxylic acids is 1. The van der Waals surface area contributed by atoms with Crippen molar-refractivity contribution in [2.24, 2.45) is 5.41 Å². The number of pyridine rings is 1. The van der Waals surface area contributed by atoms with Gasteiger partial charge in [0.25, 0.3) is 0 Å². The van der Waals surface area contributed by atoms with Gasteiger partial charge in [-0.25, -0.2) is 14.2 Å². The fraction of sp³-hybridized carbons (Fsp3) is 0.310. The number of aryl methyl sites for hydroxylation is 1. The van der Waals surface area contributed by atoms with E-state index in [0.717, 1.165) is 40.8 Å². The molecule has 5 nitrogen and oxygen atoms in total. The van der Waals surface area contributed by atoms with Crippen LogP contribution < -0.4 is 10.1 Å². The summed E-state index contributed by atoms with van der Waals surface area (Å²) in [4.78, 5) is 17.5. The molecule has 4 rings (SSSR count). The Labute approximate surface area is 206 Å². The minimum Gasteiger partial charge on any atom is -0.423 e. The van der Waals surface area contributed by atoms with Crippen molar-refractivity contribution in [1.82, 2.24) is 9.38 Å². The van der Waals surface area contributed by atoms with Crippen LogP contribution in [0.5, 0.6) is 5.75 Å². The van der Waals surface area contributed by atoms with Gasteiger partial charge in [0, 0.05) is 17.3 Å². The van der Waals surface area contributed by atoms with Gasteiger partial charge in [-0.05, 0) is 80.6 Å². The van der Waals surface area contributed by atoms with E-state index < -0.39 is 11.8 Å². The molecule has 2 aromatic carbocycles. The van der Waals surface area contributed by atoms with Crippen molar-refractivity contribution in [2.45, 2.75) is 53.5 Å². The van der Waals surface area contributed by atoms with E-state index in [1.165, 1.54) is 18.2 Å². The third kappa shape index (κ3) is 5.88. The summed E-state index contributed by atoms with van der Waals surface area (Å²) in [6, 6.07) is 16.8. The molecule has 182 valence electrons. The lowest BCUT2D eigenvalue weighted by atomic mass is 9.82. The fourth-order valence-electron chi connectivity index (χ4n) is 4.65. The first-order valence-electron chi connectivity index (χ1n) is 11.8. The standard InChI is InChI=1S/C29H32FN3O2/c1-19-13-14-33-24(15-19)31-25(26(33)32-29(5,6)18-28(2,3)4)20-9-8-12-23(17-20)35-27(34)21-10-7-11-22(30)16-21/h7-17,32H,18H2,1-6H3. The zero-order valence-corrected chi connectivity index (χ0v) is 21.1. The number of halogens is 1. The number of benzene rings is 2. The summed E-state index contributed by atoms with van der Waals surface area (Å²) in [5.41, 5.74) is 3.62. The number of imidazole rings is 1. The lowest BCUT2D eigenvalue weighted by Crippen LogP contribution is -2.36. The minimum absolute atomic E-state index is 0.138. The third-order valence-corrected chi connectivity index (χ3v) is 5.59. The predicted octanol–water partition coefficient (Wildman–Crippen LogP) is 7.29. The topological polar surface area (TPSA) is 55.6 Å². The van der Waals surface area contributed by atoms with Crippen molar-refractivity contribution < 1.29 is 13.9 Å². The molecule has 1 N–H and O–H groups in total. The Morgan fingerprint density at radius 3 is 2.49 bits per heavy atom. The van der Waals surface area contributed by atoms with Crippen LogP contribution in [0.1, 0.15) is 57.0 Å². The van der Waals surface area contributed by atoms with Crippen molar-refractivity contribution in [1.29, 1.82) is 0 Å². The number of fused-ring (bicyclic) bond motifs is 1. The summed E-state index contributed by atoms with van der Waals surface area (Å²) in [5.74, 6) is 0.145. The van der Waals surface area contributed by atoms with E-state index in [9.17, 15) is 9.18 Å². The van der Waals surface area contributed by atoms with Gasteiger partial charge in [0.15, 0.2) is 0 Å². The average molecular weight is 474 g/mol. The van der Waals surface area contributed by atoms with Crippen molar-refractivity contribution in [2.75, 3.05) is 5.32 Å². The monoisotopic (exact) mass is 473 g/mol. The summed E-state index contributed by atoms with van der Waals surface area (Å²) in [6.45, 7) is 13.1. The lowest BCUT2D eigenvalue weighted by Gasteiger charge is -2.34. The molecular formula is C29H32FN3O2. The number of aromatic nitrogens is 2. The normalized spacial score (nSPS) is 12.1. The number of hydrogen-bond donors (Lipinski definition) is 1. The van der Waals surface area contributed by atoms with Crippen LogP contribution in [-0.4, -0.2) is 20.9 Å². The number of hydrogen-bond acceptors (Lipinski definition) is 4. The Bertz CT molecular complexity index is 1380. The summed E-state index contributed by atoms with van der Waals surface area (Å²) >= 11 is 0. The second-order valence-electron chi connectivity index (χ2n) is 10.9. The Morgan fingerprint density at radius 1 is 1.03 bits per heavy atom. The second-order valence-corrected chi connectivity index (χ2v) is 10.9. The fourth-order valence-corrected chi connectivity index (χ4v) is 4.65. The molecule has 0 saturated heterocycles. The third-order valence-electron chi connectivity index (χ3n) is 5.59. The van der Waals surface area contributed by atoms with Gasteiger partial charge in [0.05, 0.1) is 5.56 Å². The molecule has 35 heavy (non-hydrogen) atoms. The van der Waals surface area contributed by atoms with Gasteiger partial charge in [-0.3, -0.25) is 4.40 Å². The minimum atomic E-state index is -0.614. The molecule has 0 saturated carbocycles. The number of rotatable bonds is 6. The molecule has 0 atom stereocenters. The molecule has 0 unspecified atom stereocenters. The summed E-state index contributed by atoms with van der Waals surface area (Å²) in [5, 5.41) is 3.73. The van der Waals surface area contributed by atoms with Crippen LogP contribution in [0, 0.1) is 18.2 Å². The smallest absolute Gasteiger partial charge is 0.343 e. The predicted molar refractivity (Wildman–Crippen MR) is 138 cm³/mol. The Kier molecular flexibility index (Phi) is 6.41. The van der Waals surface area contributed by atoms with Crippen molar-refractivity contribution in [3.63, 3.8) is 0 Å². The first-order chi connectivity index (χ1) is 16.4. The van der Waals surface area contributed by atoms with Crippen LogP contribution in [0.2, 0.25) is 0 Å². The number of carbonyl (C=O) groups is 1. The summed E-state index contributed by atoms with van der Waals surface area (Å²) in [7, 11) is 0. The van der Waals surface area contributed by atoms with Gasteiger partial charge < -0.3 is 10.1 Å². The Balaban J connectivity index is 1.72. The SMILES string of the molecule is Cc1ccn2c(NC(C)(C)CC(C)(C)C)c(-c3cccc(OC(=O)c4cccc(F)c4)c3)nc2c1. The molecular weight excluding hydrogens is 441 g/mol. The number of anilines is 1. The Hall–Kier alpha value is -3.67. The van der Waals surface area contributed by atoms with E-state index in [1.807, 2.05) is 31.3 Å². The van der Waals surface area contributed by atoms with Crippen LogP contribution >= 0.6 is 0 Å². The maximum atomic E-state index is 13.5. The highest BCUT2D eigenvalue weighted by molar-refractivity contribution is 5.91. The Morgan fingerprint density at radius 2 is 1.77 bits per heavy atom. The highest BCUT2D eigenvalue weighted by Gasteiger charge is 2.28. The van der Waals surface area contributed by atoms with Crippen LogP contribution in [-0.2, 0) is 0 Å². The van der Waals surface area contributed by atoms with Gasteiger partial charge in [-0.1, -0.05) is 39.0 Å². The van der Waals surface area contributed by atoms with Gasteiger partial charge >= 0.3 is 5.97 Å². The maximum absolute atomic E-state index is 13.5. The second kappa shape index (κ2) is 9.17. The van der Waals surface area contributed by atoms with Crippen molar-refractivity contribution >= 4 is 17.4 Å². The molecule has 0 amide bonds. The molecule has 6 heteroatoms. The molecule has 0 fully saturated rings. The molecule has 4 aromatic rings. The van der Waals surface area contributed by atoms with E-state index in [2.05, 4.69) is 50.4 Å². The highest BCUT2D eigenvalue weighted by atomic mass is 19.1. The van der Waals surface area contributed by atoms with E-state index in [0.29, 0.717) is 5.75 Å². The van der Waals surface area contributed by atoms with E-state index in [-0.39, 0.29) is 16.5 Å². The number of nitrogens with zero attached hydrogens (tertiary/aromatic N) is 2. The van der Waals surface area contributed by atoms with Gasteiger partial charge in [0.2, 0.25) is 0 Å². The number of nitrogens with one attached hydrogen (secondary N) is 1. The molecule has 0 aliphatic rings. The number of ether oxygens (including phenoxy) is 1. The highest BCUT2D eigenvalue weighted by Crippen LogP contribution is 2.36. The largest absolute Gasteiger partial charge is 0.423 e. The van der Waals surface area contributed by atoms with E-state index in [1.54, 1.807) is 12.1 Å². The van der Waals surface area contributed by atoms with Gasteiger partial charge in [-0.2, -0.15) is 0 Å².